The van der Waals surface area contributed by atoms with E-state index in [9.17, 15) is 9.18 Å². The predicted molar refractivity (Wildman–Crippen MR) is 52.3 cm³/mol. The molecule has 14 heavy (non-hydrogen) atoms. The highest BCUT2D eigenvalue weighted by molar-refractivity contribution is 5.98. The van der Waals surface area contributed by atoms with Crippen molar-refractivity contribution >= 4 is 11.7 Å². The molecule has 1 N–H and O–H groups in total. The fraction of sp³-hybridized carbons (Fsp3) is 0.200. The first-order valence-corrected chi connectivity index (χ1v) is 4.16. The summed E-state index contributed by atoms with van der Waals surface area (Å²) >= 11 is 0. The number of pyridine rings is 1. The van der Waals surface area contributed by atoms with Gasteiger partial charge in [-0.15, -0.1) is 0 Å². The highest BCUT2D eigenvalue weighted by atomic mass is 19.1. The molecular weight excluding hydrogens is 183 g/mol. The zero-order chi connectivity index (χ0) is 10.6. The van der Waals surface area contributed by atoms with E-state index in [4.69, 9.17) is 0 Å². The van der Waals surface area contributed by atoms with Crippen molar-refractivity contribution in [3.63, 3.8) is 0 Å². The van der Waals surface area contributed by atoms with Gasteiger partial charge in [0.25, 0.3) is 0 Å². The Balaban J connectivity index is 2.70. The standard InChI is InChI=1S/C10H11FN2O/c1-7(2)6-10(14)13-9-5-3-4-8(11)12-9/h3-6H,1-2H3,(H,12,13,14). The smallest absolute Gasteiger partial charge is 0.249 e. The largest absolute Gasteiger partial charge is 0.307 e. The molecule has 0 aliphatic rings. The van der Waals surface area contributed by atoms with Crippen molar-refractivity contribution in [3.05, 3.63) is 35.8 Å². The van der Waals surface area contributed by atoms with Crippen molar-refractivity contribution in [2.75, 3.05) is 5.32 Å². The Morgan fingerprint density at radius 1 is 1.50 bits per heavy atom. The van der Waals surface area contributed by atoms with Gasteiger partial charge >= 0.3 is 0 Å². The van der Waals surface area contributed by atoms with E-state index in [2.05, 4.69) is 10.3 Å². The van der Waals surface area contributed by atoms with Crippen LogP contribution in [-0.4, -0.2) is 10.9 Å². The summed E-state index contributed by atoms with van der Waals surface area (Å²) in [5, 5.41) is 2.45. The van der Waals surface area contributed by atoms with Crippen molar-refractivity contribution in [1.82, 2.24) is 4.98 Å². The fourth-order valence-corrected chi connectivity index (χ4v) is 0.902. The van der Waals surface area contributed by atoms with Gasteiger partial charge in [-0.25, -0.2) is 4.98 Å². The average Bonchev–Trinajstić information content (AvgIpc) is 2.01. The number of nitrogens with zero attached hydrogens (tertiary/aromatic N) is 1. The van der Waals surface area contributed by atoms with Crippen LogP contribution in [0.3, 0.4) is 0 Å². The van der Waals surface area contributed by atoms with E-state index in [1.807, 2.05) is 0 Å². The van der Waals surface area contributed by atoms with Crippen molar-refractivity contribution in [2.24, 2.45) is 0 Å². The van der Waals surface area contributed by atoms with E-state index in [1.165, 1.54) is 24.3 Å². The molecule has 1 heterocycles. The number of rotatable bonds is 2. The van der Waals surface area contributed by atoms with Crippen LogP contribution in [0, 0.1) is 5.95 Å². The Morgan fingerprint density at radius 2 is 2.21 bits per heavy atom. The average molecular weight is 194 g/mol. The van der Waals surface area contributed by atoms with Gasteiger partial charge in [0.15, 0.2) is 0 Å². The minimum Gasteiger partial charge on any atom is -0.307 e. The molecule has 1 amide bonds. The second-order valence-corrected chi connectivity index (χ2v) is 3.06. The van der Waals surface area contributed by atoms with Crippen LogP contribution in [-0.2, 0) is 4.79 Å². The zero-order valence-electron chi connectivity index (χ0n) is 8.04. The molecule has 0 aliphatic carbocycles. The molecule has 0 bridgehead atoms. The lowest BCUT2D eigenvalue weighted by Crippen LogP contribution is -2.10. The number of nitrogens with one attached hydrogen (secondary N) is 1. The monoisotopic (exact) mass is 194 g/mol. The summed E-state index contributed by atoms with van der Waals surface area (Å²) in [7, 11) is 0. The van der Waals surface area contributed by atoms with E-state index in [-0.39, 0.29) is 11.7 Å². The second-order valence-electron chi connectivity index (χ2n) is 3.06. The number of allylic oxidation sites excluding steroid dienone is 1. The highest BCUT2D eigenvalue weighted by Crippen LogP contribution is 2.03. The first kappa shape index (κ1) is 10.4. The third-order valence-electron chi connectivity index (χ3n) is 1.39. The third-order valence-corrected chi connectivity index (χ3v) is 1.39. The van der Waals surface area contributed by atoms with Crippen LogP contribution in [0.15, 0.2) is 29.8 Å². The molecule has 3 nitrogen and oxygen atoms in total. The van der Waals surface area contributed by atoms with E-state index in [1.54, 1.807) is 13.8 Å². The number of aromatic nitrogens is 1. The van der Waals surface area contributed by atoms with E-state index < -0.39 is 5.95 Å². The van der Waals surface area contributed by atoms with Gasteiger partial charge in [0, 0.05) is 6.08 Å². The number of anilines is 1. The molecule has 0 spiro atoms. The molecule has 0 aliphatic heterocycles. The van der Waals surface area contributed by atoms with E-state index >= 15 is 0 Å². The first-order valence-electron chi connectivity index (χ1n) is 4.16. The minimum atomic E-state index is -0.611. The van der Waals surface area contributed by atoms with Crippen molar-refractivity contribution in [3.8, 4) is 0 Å². The lowest BCUT2D eigenvalue weighted by Gasteiger charge is -2.00. The van der Waals surface area contributed by atoms with Crippen molar-refractivity contribution in [1.29, 1.82) is 0 Å². The van der Waals surface area contributed by atoms with Gasteiger partial charge in [-0.2, -0.15) is 4.39 Å². The lowest BCUT2D eigenvalue weighted by atomic mass is 10.3. The van der Waals surface area contributed by atoms with Crippen molar-refractivity contribution in [2.45, 2.75) is 13.8 Å². The summed E-state index contributed by atoms with van der Waals surface area (Å²) in [5.74, 6) is -0.699. The molecule has 1 aromatic heterocycles. The molecule has 0 saturated heterocycles. The summed E-state index contributed by atoms with van der Waals surface area (Å²) in [6, 6.07) is 4.23. The predicted octanol–water partition coefficient (Wildman–Crippen LogP) is 2.13. The summed E-state index contributed by atoms with van der Waals surface area (Å²) in [5.41, 5.74) is 0.874. The molecule has 0 saturated carbocycles. The number of halogens is 1. The zero-order valence-corrected chi connectivity index (χ0v) is 8.04. The first-order chi connectivity index (χ1) is 6.58. The van der Waals surface area contributed by atoms with Gasteiger partial charge in [0.1, 0.15) is 5.82 Å². The molecule has 1 aromatic rings. The molecular formula is C10H11FN2O. The van der Waals surface area contributed by atoms with Crippen LogP contribution in [0.1, 0.15) is 13.8 Å². The van der Waals surface area contributed by atoms with Crippen LogP contribution in [0.25, 0.3) is 0 Å². The number of carbonyl (C=O) groups excluding carboxylic acids is 1. The van der Waals surface area contributed by atoms with Crippen LogP contribution in [0.2, 0.25) is 0 Å². The highest BCUT2D eigenvalue weighted by Gasteiger charge is 2.00. The molecule has 4 heteroatoms. The molecule has 0 unspecified atom stereocenters. The van der Waals surface area contributed by atoms with Gasteiger partial charge in [0.2, 0.25) is 11.9 Å². The summed E-state index contributed by atoms with van der Waals surface area (Å²) in [4.78, 5) is 14.7. The maximum Gasteiger partial charge on any atom is 0.249 e. The molecule has 0 radical (unpaired) electrons. The Hall–Kier alpha value is -1.71. The van der Waals surface area contributed by atoms with Gasteiger partial charge in [0.05, 0.1) is 0 Å². The van der Waals surface area contributed by atoms with Gasteiger partial charge in [-0.1, -0.05) is 11.6 Å². The lowest BCUT2D eigenvalue weighted by molar-refractivity contribution is -0.112. The summed E-state index contributed by atoms with van der Waals surface area (Å²) in [6.45, 7) is 3.61. The quantitative estimate of drug-likeness (QED) is 0.578. The van der Waals surface area contributed by atoms with E-state index in [0.717, 1.165) is 5.57 Å². The van der Waals surface area contributed by atoms with Crippen LogP contribution < -0.4 is 5.32 Å². The fourth-order valence-electron chi connectivity index (χ4n) is 0.902. The topological polar surface area (TPSA) is 42.0 Å². The second kappa shape index (κ2) is 4.50. The Labute approximate surface area is 81.7 Å². The van der Waals surface area contributed by atoms with Gasteiger partial charge in [-0.3, -0.25) is 4.79 Å². The summed E-state index contributed by atoms with van der Waals surface area (Å²) < 4.78 is 12.6. The van der Waals surface area contributed by atoms with E-state index in [0.29, 0.717) is 0 Å². The number of hydrogen-bond acceptors (Lipinski definition) is 2. The van der Waals surface area contributed by atoms with Crippen LogP contribution in [0.4, 0.5) is 10.2 Å². The normalized spacial score (nSPS) is 9.36. The molecule has 1 rings (SSSR count). The number of carbonyl (C=O) groups is 1. The maximum atomic E-state index is 12.6. The van der Waals surface area contributed by atoms with Gasteiger partial charge < -0.3 is 5.32 Å². The molecule has 74 valence electrons. The number of hydrogen-bond donors (Lipinski definition) is 1. The SMILES string of the molecule is CC(C)=CC(=O)Nc1cccc(F)n1. The Morgan fingerprint density at radius 3 is 2.79 bits per heavy atom. The molecule has 0 aromatic carbocycles. The maximum absolute atomic E-state index is 12.6. The Kier molecular flexibility index (Phi) is 3.34. The van der Waals surface area contributed by atoms with Gasteiger partial charge in [-0.05, 0) is 26.0 Å². The molecule has 0 fully saturated rings. The summed E-state index contributed by atoms with van der Waals surface area (Å²) in [6.07, 6.45) is 1.42. The minimum absolute atomic E-state index is 0.215. The Bertz CT molecular complexity index is 370. The number of amides is 1. The van der Waals surface area contributed by atoms with Crippen LogP contribution >= 0.6 is 0 Å². The van der Waals surface area contributed by atoms with Crippen molar-refractivity contribution < 1.29 is 9.18 Å². The molecule has 0 atom stereocenters. The third kappa shape index (κ3) is 3.35. The van der Waals surface area contributed by atoms with Crippen LogP contribution in [0.5, 0.6) is 0 Å².